The van der Waals surface area contributed by atoms with Crippen LogP contribution in [-0.2, 0) is 33.4 Å². The first-order valence-corrected chi connectivity index (χ1v) is 16.7. The van der Waals surface area contributed by atoms with Gasteiger partial charge in [-0.3, -0.25) is 24.2 Å². The number of Topliss-reactive ketones (excluding diaryl/α,β-unsaturated/α-hetero) is 3. The van der Waals surface area contributed by atoms with Crippen LogP contribution >= 0.6 is 0 Å². The fraction of sp³-hybridized carbons (Fsp3) is 0.447. The van der Waals surface area contributed by atoms with Crippen molar-refractivity contribution in [2.24, 2.45) is 29.2 Å². The second-order valence-corrected chi connectivity index (χ2v) is 13.0. The number of nitrogens with one attached hydrogen (secondary N) is 1. The van der Waals surface area contributed by atoms with E-state index in [4.69, 9.17) is 11.5 Å². The largest absolute Gasteiger partial charge is 0.433 e. The highest BCUT2D eigenvalue weighted by atomic mass is 19.4. The van der Waals surface area contributed by atoms with Crippen LogP contribution in [0.1, 0.15) is 79.6 Å². The van der Waals surface area contributed by atoms with Gasteiger partial charge in [-0.1, -0.05) is 80.9 Å². The molecule has 0 fully saturated rings. The summed E-state index contributed by atoms with van der Waals surface area (Å²) in [5.41, 5.74) is 12.5. The van der Waals surface area contributed by atoms with Crippen LogP contribution in [0.3, 0.4) is 0 Å². The standard InChI is InChI=1S/C38H47F3N4O4/c1-25(2)19-32(34(47)22-28(15-9-10-18-42)36(48)29-16-17-35(44-24-29)38(39,40)41)45-37(49)30(20-26-11-5-3-6-12-26)23-33(46)31(43)21-27-13-7-4-8-14-27/h3-8,11-14,16-17,24-25,28,30-32H,9-10,15,18-23,42-43H2,1-2H3,(H,45,49)/t28-,30-,31+,32+/m0/s1. The Balaban J connectivity index is 1.81. The van der Waals surface area contributed by atoms with Gasteiger partial charge in [0.15, 0.2) is 17.3 Å². The molecular formula is C38H47F3N4O4. The first-order valence-electron chi connectivity index (χ1n) is 16.7. The maximum absolute atomic E-state index is 13.9. The molecule has 1 heterocycles. The summed E-state index contributed by atoms with van der Waals surface area (Å²) in [7, 11) is 0. The fourth-order valence-electron chi connectivity index (χ4n) is 5.75. The van der Waals surface area contributed by atoms with Crippen LogP contribution in [0.25, 0.3) is 0 Å². The molecule has 0 radical (unpaired) electrons. The molecule has 0 aliphatic carbocycles. The van der Waals surface area contributed by atoms with Crippen LogP contribution in [0.15, 0.2) is 79.0 Å². The second-order valence-electron chi connectivity index (χ2n) is 13.0. The summed E-state index contributed by atoms with van der Waals surface area (Å²) in [4.78, 5) is 58.0. The molecule has 0 spiro atoms. The number of hydrogen-bond donors (Lipinski definition) is 3. The van der Waals surface area contributed by atoms with Crippen molar-refractivity contribution >= 4 is 23.3 Å². The molecular weight excluding hydrogens is 633 g/mol. The number of alkyl halides is 3. The number of carbonyl (C=O) groups excluding carboxylic acids is 4. The Labute approximate surface area is 286 Å². The average molecular weight is 681 g/mol. The van der Waals surface area contributed by atoms with E-state index in [1.807, 2.05) is 74.5 Å². The summed E-state index contributed by atoms with van der Waals surface area (Å²) in [5, 5.41) is 2.89. The zero-order chi connectivity index (χ0) is 36.0. The van der Waals surface area contributed by atoms with E-state index in [2.05, 4.69) is 10.3 Å². The molecule has 11 heteroatoms. The molecule has 4 atom stereocenters. The number of halogens is 3. The van der Waals surface area contributed by atoms with Crippen molar-refractivity contribution in [3.63, 3.8) is 0 Å². The maximum atomic E-state index is 13.9. The van der Waals surface area contributed by atoms with E-state index in [0.29, 0.717) is 25.8 Å². The maximum Gasteiger partial charge on any atom is 0.433 e. The molecule has 0 saturated heterocycles. The smallest absolute Gasteiger partial charge is 0.346 e. The van der Waals surface area contributed by atoms with Gasteiger partial charge in [-0.05, 0) is 67.8 Å². The van der Waals surface area contributed by atoms with Gasteiger partial charge < -0.3 is 16.8 Å². The number of nitrogens with two attached hydrogens (primary N) is 2. The lowest BCUT2D eigenvalue weighted by atomic mass is 9.85. The van der Waals surface area contributed by atoms with Gasteiger partial charge in [-0.15, -0.1) is 0 Å². The Hall–Kier alpha value is -4.22. The average Bonchev–Trinajstić information content (AvgIpc) is 3.07. The molecule has 1 amide bonds. The summed E-state index contributed by atoms with van der Waals surface area (Å²) >= 11 is 0. The Kier molecular flexibility index (Phi) is 15.3. The zero-order valence-electron chi connectivity index (χ0n) is 28.1. The van der Waals surface area contributed by atoms with Gasteiger partial charge in [0.05, 0.1) is 12.1 Å². The van der Waals surface area contributed by atoms with Gasteiger partial charge in [0.2, 0.25) is 5.91 Å². The summed E-state index contributed by atoms with van der Waals surface area (Å²) in [6.07, 6.45) is -1.86. The first-order chi connectivity index (χ1) is 23.3. The summed E-state index contributed by atoms with van der Waals surface area (Å²) in [6, 6.07) is 18.7. The number of rotatable bonds is 20. The molecule has 1 aromatic heterocycles. The minimum Gasteiger partial charge on any atom is -0.346 e. The van der Waals surface area contributed by atoms with Gasteiger partial charge >= 0.3 is 6.18 Å². The summed E-state index contributed by atoms with van der Waals surface area (Å²) in [6.45, 7) is 4.18. The number of carbonyl (C=O) groups is 4. The Morgan fingerprint density at radius 2 is 1.39 bits per heavy atom. The lowest BCUT2D eigenvalue weighted by Crippen LogP contribution is -2.46. The van der Waals surface area contributed by atoms with Crippen LogP contribution in [0.2, 0.25) is 0 Å². The molecule has 49 heavy (non-hydrogen) atoms. The van der Waals surface area contributed by atoms with Crippen molar-refractivity contribution in [3.05, 3.63) is 101 Å². The van der Waals surface area contributed by atoms with Crippen molar-refractivity contribution in [2.75, 3.05) is 6.54 Å². The van der Waals surface area contributed by atoms with Gasteiger partial charge in [-0.25, -0.2) is 0 Å². The molecule has 0 aliphatic rings. The fourth-order valence-corrected chi connectivity index (χ4v) is 5.75. The van der Waals surface area contributed by atoms with E-state index in [9.17, 15) is 32.3 Å². The van der Waals surface area contributed by atoms with E-state index in [0.717, 1.165) is 29.5 Å². The van der Waals surface area contributed by atoms with Crippen molar-refractivity contribution in [1.29, 1.82) is 0 Å². The van der Waals surface area contributed by atoms with Crippen LogP contribution in [0.5, 0.6) is 0 Å². The highest BCUT2D eigenvalue weighted by Crippen LogP contribution is 2.28. The van der Waals surface area contributed by atoms with E-state index >= 15 is 0 Å². The third-order valence-corrected chi connectivity index (χ3v) is 8.43. The van der Waals surface area contributed by atoms with E-state index in [-0.39, 0.29) is 55.2 Å². The molecule has 0 saturated carbocycles. The second kappa shape index (κ2) is 19.1. The van der Waals surface area contributed by atoms with E-state index < -0.39 is 47.5 Å². The molecule has 0 bridgehead atoms. The Morgan fingerprint density at radius 3 is 1.92 bits per heavy atom. The van der Waals surface area contributed by atoms with E-state index in [1.165, 1.54) is 0 Å². The molecule has 5 N–H and O–H groups in total. The van der Waals surface area contributed by atoms with Crippen LogP contribution in [-0.4, -0.2) is 46.9 Å². The number of unbranched alkanes of at least 4 members (excludes halogenated alkanes) is 1. The van der Waals surface area contributed by atoms with Gasteiger partial charge in [0.25, 0.3) is 0 Å². The van der Waals surface area contributed by atoms with E-state index in [1.54, 1.807) is 0 Å². The van der Waals surface area contributed by atoms with Gasteiger partial charge in [0, 0.05) is 36.4 Å². The topological polar surface area (TPSA) is 145 Å². The first kappa shape index (κ1) is 39.2. The van der Waals surface area contributed by atoms with Crippen molar-refractivity contribution in [1.82, 2.24) is 10.3 Å². The number of benzene rings is 2. The Bertz CT molecular complexity index is 1500. The molecule has 8 nitrogen and oxygen atoms in total. The summed E-state index contributed by atoms with van der Waals surface area (Å²) in [5.74, 6) is -3.28. The molecule has 3 rings (SSSR count). The zero-order valence-corrected chi connectivity index (χ0v) is 28.1. The summed E-state index contributed by atoms with van der Waals surface area (Å²) < 4.78 is 39.2. The molecule has 0 aliphatic heterocycles. The lowest BCUT2D eigenvalue weighted by molar-refractivity contribution is -0.141. The molecule has 3 aromatic rings. The van der Waals surface area contributed by atoms with Crippen molar-refractivity contribution < 1.29 is 32.3 Å². The van der Waals surface area contributed by atoms with Crippen molar-refractivity contribution in [2.45, 2.75) is 83.5 Å². The number of amides is 1. The van der Waals surface area contributed by atoms with Crippen LogP contribution < -0.4 is 16.8 Å². The van der Waals surface area contributed by atoms with Crippen LogP contribution in [0, 0.1) is 17.8 Å². The minimum absolute atomic E-state index is 0.00625. The molecule has 2 aromatic carbocycles. The third kappa shape index (κ3) is 13.0. The number of pyridine rings is 1. The molecule has 264 valence electrons. The Morgan fingerprint density at radius 1 is 0.796 bits per heavy atom. The SMILES string of the molecule is CC(C)C[C@@H](NC(=O)[C@H](CC(=O)[C@H](N)Cc1ccccc1)Cc1ccccc1)C(=O)C[C@H](CCCCN)C(=O)c1ccc(C(F)(F)F)nc1. The van der Waals surface area contributed by atoms with Crippen molar-refractivity contribution in [3.8, 4) is 0 Å². The third-order valence-electron chi connectivity index (χ3n) is 8.43. The predicted molar refractivity (Wildman–Crippen MR) is 182 cm³/mol. The highest BCUT2D eigenvalue weighted by Gasteiger charge is 2.34. The highest BCUT2D eigenvalue weighted by molar-refractivity contribution is 6.01. The van der Waals surface area contributed by atoms with Crippen LogP contribution in [0.4, 0.5) is 13.2 Å². The normalized spacial score (nSPS) is 14.1. The quantitative estimate of drug-likeness (QED) is 0.0995. The molecule has 0 unspecified atom stereocenters. The minimum atomic E-state index is -4.66. The van der Waals surface area contributed by atoms with Gasteiger partial charge in [0.1, 0.15) is 5.69 Å². The monoisotopic (exact) mass is 680 g/mol. The predicted octanol–water partition coefficient (Wildman–Crippen LogP) is 5.91. The number of aromatic nitrogens is 1. The van der Waals surface area contributed by atoms with Gasteiger partial charge in [-0.2, -0.15) is 13.2 Å². The number of hydrogen-bond acceptors (Lipinski definition) is 7. The number of nitrogens with zero attached hydrogens (tertiary/aromatic N) is 1. The lowest BCUT2D eigenvalue weighted by Gasteiger charge is -2.25. The number of ketones is 3.